The van der Waals surface area contributed by atoms with Crippen LogP contribution in [0.4, 0.5) is 0 Å². The third-order valence-electron chi connectivity index (χ3n) is 3.49. The molecule has 3 nitrogen and oxygen atoms in total. The molecule has 0 aromatic rings. The van der Waals surface area contributed by atoms with Crippen LogP contribution in [0.5, 0.6) is 0 Å². The predicted octanol–water partition coefficient (Wildman–Crippen LogP) is 5.31. The summed E-state index contributed by atoms with van der Waals surface area (Å²) in [7, 11) is -0.604. The molecule has 0 spiro atoms. The highest BCUT2D eigenvalue weighted by Gasteiger charge is 2.31. The Labute approximate surface area is 138 Å². The molecule has 4 heteroatoms. The van der Waals surface area contributed by atoms with Crippen LogP contribution in [0.2, 0.25) is 0 Å². The SMILES string of the molecule is C=CC(C)(CCC=C(C)C)OB(OCCCC)OCCCC. The number of allylic oxidation sites excluding steroid dienone is 2. The maximum atomic E-state index is 6.07. The molecule has 1 unspecified atom stereocenters. The predicted molar refractivity (Wildman–Crippen MR) is 95.8 cm³/mol. The van der Waals surface area contributed by atoms with Crippen LogP contribution < -0.4 is 0 Å². The van der Waals surface area contributed by atoms with E-state index in [9.17, 15) is 0 Å². The minimum absolute atomic E-state index is 0.435. The fraction of sp³-hybridized carbons (Fsp3) is 0.778. The Kier molecular flexibility index (Phi) is 12.6. The van der Waals surface area contributed by atoms with Gasteiger partial charge in [-0.1, -0.05) is 44.4 Å². The highest BCUT2D eigenvalue weighted by Crippen LogP contribution is 2.22. The Morgan fingerprint density at radius 3 is 2.05 bits per heavy atom. The first-order chi connectivity index (χ1) is 10.5. The van der Waals surface area contributed by atoms with E-state index in [0.717, 1.165) is 38.5 Å². The molecule has 0 aromatic heterocycles. The molecule has 0 rings (SSSR count). The third kappa shape index (κ3) is 11.1. The van der Waals surface area contributed by atoms with Gasteiger partial charge in [-0.25, -0.2) is 0 Å². The molecular weight excluding hydrogens is 275 g/mol. The van der Waals surface area contributed by atoms with E-state index in [0.29, 0.717) is 13.2 Å². The van der Waals surface area contributed by atoms with Crippen molar-refractivity contribution in [1.82, 2.24) is 0 Å². The summed E-state index contributed by atoms with van der Waals surface area (Å²) in [5.74, 6) is 0. The van der Waals surface area contributed by atoms with Crippen LogP contribution in [-0.4, -0.2) is 26.1 Å². The zero-order valence-corrected chi connectivity index (χ0v) is 15.3. The fourth-order valence-electron chi connectivity index (χ4n) is 1.84. The van der Waals surface area contributed by atoms with E-state index in [-0.39, 0.29) is 0 Å². The van der Waals surface area contributed by atoms with Gasteiger partial charge in [0.1, 0.15) is 0 Å². The molecule has 0 N–H and O–H groups in total. The highest BCUT2D eigenvalue weighted by molar-refractivity contribution is 6.36. The average Bonchev–Trinajstić information content (AvgIpc) is 2.47. The van der Waals surface area contributed by atoms with Crippen molar-refractivity contribution >= 4 is 7.32 Å². The van der Waals surface area contributed by atoms with Crippen LogP contribution in [0.1, 0.15) is 73.1 Å². The van der Waals surface area contributed by atoms with Crippen molar-refractivity contribution in [1.29, 1.82) is 0 Å². The molecule has 0 aliphatic heterocycles. The van der Waals surface area contributed by atoms with E-state index in [1.807, 2.05) is 13.0 Å². The Bertz CT molecular complexity index is 303. The van der Waals surface area contributed by atoms with Gasteiger partial charge in [-0.15, -0.1) is 6.58 Å². The van der Waals surface area contributed by atoms with Crippen LogP contribution in [0.3, 0.4) is 0 Å². The molecular formula is C18H35BO3. The largest absolute Gasteiger partial charge is 0.640 e. The summed E-state index contributed by atoms with van der Waals surface area (Å²) in [4.78, 5) is 0. The molecule has 0 saturated heterocycles. The van der Waals surface area contributed by atoms with Crippen molar-refractivity contribution in [3.8, 4) is 0 Å². The van der Waals surface area contributed by atoms with Crippen molar-refractivity contribution in [3.05, 3.63) is 24.3 Å². The Morgan fingerprint density at radius 2 is 1.64 bits per heavy atom. The van der Waals surface area contributed by atoms with Crippen LogP contribution in [0, 0.1) is 0 Å². The summed E-state index contributed by atoms with van der Waals surface area (Å²) in [6.45, 7) is 15.8. The van der Waals surface area contributed by atoms with E-state index in [1.54, 1.807) is 0 Å². The zero-order chi connectivity index (χ0) is 16.8. The lowest BCUT2D eigenvalue weighted by molar-refractivity contribution is 0.0231. The van der Waals surface area contributed by atoms with Gasteiger partial charge in [0.2, 0.25) is 0 Å². The summed E-state index contributed by atoms with van der Waals surface area (Å²) in [5, 5.41) is 0. The van der Waals surface area contributed by atoms with Crippen LogP contribution in [0.25, 0.3) is 0 Å². The summed E-state index contributed by atoms with van der Waals surface area (Å²) in [5.41, 5.74) is 0.885. The van der Waals surface area contributed by atoms with E-state index < -0.39 is 12.9 Å². The normalized spacial score (nSPS) is 13.5. The van der Waals surface area contributed by atoms with E-state index >= 15 is 0 Å². The fourth-order valence-corrected chi connectivity index (χ4v) is 1.84. The Morgan fingerprint density at radius 1 is 1.09 bits per heavy atom. The molecule has 0 aliphatic carbocycles. The van der Waals surface area contributed by atoms with Crippen molar-refractivity contribution in [2.75, 3.05) is 13.2 Å². The maximum Gasteiger partial charge on any atom is 0.640 e. The van der Waals surface area contributed by atoms with Crippen molar-refractivity contribution < 1.29 is 14.0 Å². The van der Waals surface area contributed by atoms with Gasteiger partial charge < -0.3 is 14.0 Å². The molecule has 0 bridgehead atoms. The van der Waals surface area contributed by atoms with E-state index in [4.69, 9.17) is 14.0 Å². The minimum Gasteiger partial charge on any atom is -0.386 e. The molecule has 1 atom stereocenters. The van der Waals surface area contributed by atoms with Gasteiger partial charge in [-0.3, -0.25) is 0 Å². The minimum atomic E-state index is -0.604. The van der Waals surface area contributed by atoms with Gasteiger partial charge in [-0.05, 0) is 46.5 Å². The van der Waals surface area contributed by atoms with Crippen LogP contribution in [0.15, 0.2) is 24.3 Å². The van der Waals surface area contributed by atoms with Crippen molar-refractivity contribution in [2.45, 2.75) is 78.7 Å². The van der Waals surface area contributed by atoms with Gasteiger partial charge in [0.05, 0.1) is 5.60 Å². The van der Waals surface area contributed by atoms with Crippen LogP contribution >= 0.6 is 0 Å². The molecule has 0 aliphatic rings. The Balaban J connectivity index is 4.51. The second-order valence-electron chi connectivity index (χ2n) is 6.19. The summed E-state index contributed by atoms with van der Waals surface area (Å²) < 4.78 is 17.6. The topological polar surface area (TPSA) is 27.7 Å². The smallest absolute Gasteiger partial charge is 0.386 e. The number of hydrogen-bond acceptors (Lipinski definition) is 3. The Hall–Kier alpha value is -0.575. The zero-order valence-electron chi connectivity index (χ0n) is 15.3. The van der Waals surface area contributed by atoms with Gasteiger partial charge in [0.25, 0.3) is 0 Å². The lowest BCUT2D eigenvalue weighted by Gasteiger charge is -2.29. The first kappa shape index (κ1) is 21.4. The molecule has 0 heterocycles. The average molecular weight is 310 g/mol. The highest BCUT2D eigenvalue weighted by atomic mass is 16.7. The molecule has 0 aromatic carbocycles. The molecule has 0 saturated carbocycles. The molecule has 0 amide bonds. The quantitative estimate of drug-likeness (QED) is 0.247. The summed E-state index contributed by atoms with van der Waals surface area (Å²) in [6.07, 6.45) is 10.1. The second kappa shape index (κ2) is 12.9. The standard InChI is InChI=1S/C18H35BO3/c1-7-10-15-20-19(21-16-11-8-2)22-18(6,9-3)14-12-13-17(4)5/h9,13H,3,7-8,10-12,14-16H2,1-2,4-6H3. The number of unbranched alkanes of at least 4 members (excludes halogenated alkanes) is 2. The van der Waals surface area contributed by atoms with E-state index in [2.05, 4.69) is 40.3 Å². The van der Waals surface area contributed by atoms with Crippen LogP contribution in [-0.2, 0) is 14.0 Å². The van der Waals surface area contributed by atoms with E-state index in [1.165, 1.54) is 5.57 Å². The second-order valence-corrected chi connectivity index (χ2v) is 6.19. The molecule has 0 fully saturated rings. The molecule has 0 radical (unpaired) electrons. The summed E-state index contributed by atoms with van der Waals surface area (Å²) in [6, 6.07) is 0. The molecule has 22 heavy (non-hydrogen) atoms. The lowest BCUT2D eigenvalue weighted by Crippen LogP contribution is -2.39. The first-order valence-corrected chi connectivity index (χ1v) is 8.65. The van der Waals surface area contributed by atoms with Gasteiger partial charge in [-0.2, -0.15) is 0 Å². The number of hydrogen-bond donors (Lipinski definition) is 0. The number of rotatable bonds is 14. The molecule has 128 valence electrons. The monoisotopic (exact) mass is 310 g/mol. The summed E-state index contributed by atoms with van der Waals surface area (Å²) >= 11 is 0. The first-order valence-electron chi connectivity index (χ1n) is 8.65. The lowest BCUT2D eigenvalue weighted by atomic mass is 9.97. The maximum absolute atomic E-state index is 6.07. The third-order valence-corrected chi connectivity index (χ3v) is 3.49. The van der Waals surface area contributed by atoms with Crippen molar-refractivity contribution in [2.24, 2.45) is 0 Å². The van der Waals surface area contributed by atoms with Gasteiger partial charge in [0.15, 0.2) is 0 Å². The van der Waals surface area contributed by atoms with Crippen molar-refractivity contribution in [3.63, 3.8) is 0 Å². The van der Waals surface area contributed by atoms with Gasteiger partial charge >= 0.3 is 7.32 Å². The van der Waals surface area contributed by atoms with Gasteiger partial charge in [0, 0.05) is 13.2 Å².